The van der Waals surface area contributed by atoms with Gasteiger partial charge < -0.3 is 15.5 Å². The molecular weight excluding hydrogens is 356 g/mol. The number of hydrazone groups is 1. The van der Waals surface area contributed by atoms with E-state index in [0.29, 0.717) is 29.9 Å². The lowest BCUT2D eigenvalue weighted by Crippen LogP contribution is -2.31. The van der Waals surface area contributed by atoms with Crippen LogP contribution in [-0.4, -0.2) is 17.6 Å². The molecule has 0 fully saturated rings. The quantitative estimate of drug-likeness (QED) is 0.702. The van der Waals surface area contributed by atoms with Gasteiger partial charge in [-0.1, -0.05) is 31.5 Å². The van der Waals surface area contributed by atoms with Crippen LogP contribution in [0.4, 0.5) is 10.5 Å². The van der Waals surface area contributed by atoms with Gasteiger partial charge in [-0.3, -0.25) is 4.79 Å². The van der Waals surface area contributed by atoms with Crippen molar-refractivity contribution < 1.29 is 14.0 Å². The van der Waals surface area contributed by atoms with Crippen molar-refractivity contribution in [3.05, 3.63) is 52.0 Å². The zero-order valence-corrected chi connectivity index (χ0v) is 16.9. The normalized spacial score (nSPS) is 16.5. The lowest BCUT2D eigenvalue weighted by Gasteiger charge is -2.29. The molecule has 0 saturated carbocycles. The molecule has 3 amide bonds. The number of benzene rings is 1. The van der Waals surface area contributed by atoms with E-state index in [0.717, 1.165) is 22.4 Å². The number of furan rings is 1. The summed E-state index contributed by atoms with van der Waals surface area (Å²) in [7, 11) is 0. The summed E-state index contributed by atoms with van der Waals surface area (Å²) in [5.41, 5.74) is 12.3. The van der Waals surface area contributed by atoms with Crippen LogP contribution in [0.1, 0.15) is 58.8 Å². The van der Waals surface area contributed by atoms with Crippen molar-refractivity contribution in [2.24, 2.45) is 16.3 Å². The van der Waals surface area contributed by atoms with Crippen molar-refractivity contribution >= 4 is 23.3 Å². The number of anilines is 1. The van der Waals surface area contributed by atoms with Crippen LogP contribution < -0.4 is 16.5 Å². The van der Waals surface area contributed by atoms with E-state index in [1.165, 1.54) is 0 Å². The monoisotopic (exact) mass is 382 g/mol. The van der Waals surface area contributed by atoms with Crippen molar-refractivity contribution in [1.29, 1.82) is 0 Å². The van der Waals surface area contributed by atoms with Gasteiger partial charge in [0, 0.05) is 23.2 Å². The number of aryl methyl sites for hydroxylation is 2. The molecule has 0 saturated heterocycles. The molecule has 2 aromatic rings. The predicted octanol–water partition coefficient (Wildman–Crippen LogP) is 3.80. The van der Waals surface area contributed by atoms with E-state index in [1.54, 1.807) is 0 Å². The summed E-state index contributed by atoms with van der Waals surface area (Å²) in [6.07, 6.45) is 1.31. The molecule has 148 valence electrons. The van der Waals surface area contributed by atoms with Crippen LogP contribution in [0.25, 0.3) is 0 Å². The molecule has 7 heteroatoms. The first-order valence-electron chi connectivity index (χ1n) is 9.20. The van der Waals surface area contributed by atoms with Gasteiger partial charge in [0.1, 0.15) is 5.76 Å². The Morgan fingerprint density at radius 1 is 1.18 bits per heavy atom. The fraction of sp³-hybridized carbons (Fsp3) is 0.381. The molecule has 7 nitrogen and oxygen atoms in total. The fourth-order valence-electron chi connectivity index (χ4n) is 3.68. The van der Waals surface area contributed by atoms with E-state index in [1.807, 2.05) is 39.0 Å². The number of carbonyl (C=O) groups is 2. The van der Waals surface area contributed by atoms with Gasteiger partial charge in [-0.2, -0.15) is 5.10 Å². The van der Waals surface area contributed by atoms with Crippen molar-refractivity contribution in [2.75, 3.05) is 5.32 Å². The van der Waals surface area contributed by atoms with E-state index in [9.17, 15) is 9.59 Å². The number of amides is 3. The van der Waals surface area contributed by atoms with Crippen LogP contribution in [0.2, 0.25) is 0 Å². The van der Waals surface area contributed by atoms with E-state index >= 15 is 0 Å². The molecule has 1 aliphatic rings. The number of nitrogens with one attached hydrogen (secondary N) is 2. The first-order chi connectivity index (χ1) is 13.1. The molecule has 1 aromatic heterocycles. The van der Waals surface area contributed by atoms with E-state index < -0.39 is 6.03 Å². The van der Waals surface area contributed by atoms with Gasteiger partial charge in [0.05, 0.1) is 5.71 Å². The van der Waals surface area contributed by atoms with Crippen molar-refractivity contribution in [1.82, 2.24) is 5.43 Å². The van der Waals surface area contributed by atoms with Gasteiger partial charge in [-0.25, -0.2) is 10.2 Å². The molecule has 1 aromatic carbocycles. The number of hydrogen-bond donors (Lipinski definition) is 3. The van der Waals surface area contributed by atoms with E-state index in [4.69, 9.17) is 10.2 Å². The number of nitrogens with zero attached hydrogens (tertiary/aromatic N) is 1. The molecule has 4 N–H and O–H groups in total. The van der Waals surface area contributed by atoms with Crippen LogP contribution in [0, 0.1) is 26.2 Å². The zero-order chi connectivity index (χ0) is 20.6. The third-order valence-corrected chi connectivity index (χ3v) is 4.93. The van der Waals surface area contributed by atoms with Crippen LogP contribution >= 0.6 is 0 Å². The SMILES string of the molecule is Cc1ccc(NC(=O)c2oc3c(c2C)/C(=N\NC(N)=O)CC(C)(C)C3)c(C)c1. The van der Waals surface area contributed by atoms with Crippen molar-refractivity contribution in [2.45, 2.75) is 47.5 Å². The van der Waals surface area contributed by atoms with Crippen LogP contribution in [0.3, 0.4) is 0 Å². The highest BCUT2D eigenvalue weighted by molar-refractivity contribution is 6.09. The summed E-state index contributed by atoms with van der Waals surface area (Å²) in [4.78, 5) is 24.0. The average molecular weight is 382 g/mol. The maximum atomic E-state index is 12.9. The zero-order valence-electron chi connectivity index (χ0n) is 16.9. The van der Waals surface area contributed by atoms with E-state index in [-0.39, 0.29) is 17.1 Å². The Kier molecular flexibility index (Phi) is 5.02. The Bertz CT molecular complexity index is 986. The van der Waals surface area contributed by atoms with Crippen LogP contribution in [0.15, 0.2) is 27.7 Å². The molecule has 1 heterocycles. The summed E-state index contributed by atoms with van der Waals surface area (Å²) in [6, 6.07) is 5.11. The second kappa shape index (κ2) is 7.14. The highest BCUT2D eigenvalue weighted by atomic mass is 16.4. The highest BCUT2D eigenvalue weighted by Gasteiger charge is 2.36. The number of carbonyl (C=O) groups excluding carboxylic acids is 2. The second-order valence-electron chi connectivity index (χ2n) is 8.18. The van der Waals surface area contributed by atoms with Crippen molar-refractivity contribution in [3.8, 4) is 0 Å². The van der Waals surface area contributed by atoms with Crippen molar-refractivity contribution in [3.63, 3.8) is 0 Å². The van der Waals surface area contributed by atoms with Gasteiger partial charge in [-0.05, 0) is 44.2 Å². The molecule has 0 unspecified atom stereocenters. The minimum absolute atomic E-state index is 0.114. The number of nitrogens with two attached hydrogens (primary N) is 1. The van der Waals surface area contributed by atoms with Gasteiger partial charge in [0.15, 0.2) is 5.76 Å². The Hall–Kier alpha value is -3.09. The molecule has 3 rings (SSSR count). The first-order valence-corrected chi connectivity index (χ1v) is 9.20. The summed E-state index contributed by atoms with van der Waals surface area (Å²) >= 11 is 0. The second-order valence-corrected chi connectivity index (χ2v) is 8.18. The number of fused-ring (bicyclic) bond motifs is 1. The Balaban J connectivity index is 1.97. The summed E-state index contributed by atoms with van der Waals surface area (Å²) < 4.78 is 5.97. The Labute approximate surface area is 164 Å². The Morgan fingerprint density at radius 3 is 2.54 bits per heavy atom. The molecule has 1 aliphatic carbocycles. The van der Waals surface area contributed by atoms with Gasteiger partial charge in [0.25, 0.3) is 5.91 Å². The van der Waals surface area contributed by atoms with Crippen LogP contribution in [0.5, 0.6) is 0 Å². The Morgan fingerprint density at radius 2 is 1.89 bits per heavy atom. The van der Waals surface area contributed by atoms with Crippen LogP contribution in [-0.2, 0) is 6.42 Å². The standard InChI is InChI=1S/C21H26N4O3/c1-11-6-7-14(12(2)8-11)23-19(26)18-13(3)17-15(24-25-20(22)27)9-21(4,5)10-16(17)28-18/h6-8H,9-10H2,1-5H3,(H,23,26)(H3,22,25,27)/b24-15-. The first kappa shape index (κ1) is 19.7. The van der Waals surface area contributed by atoms with Gasteiger partial charge in [-0.15, -0.1) is 0 Å². The number of rotatable bonds is 3. The molecule has 28 heavy (non-hydrogen) atoms. The molecule has 0 spiro atoms. The summed E-state index contributed by atoms with van der Waals surface area (Å²) in [5, 5.41) is 7.09. The maximum Gasteiger partial charge on any atom is 0.332 e. The topological polar surface area (TPSA) is 110 Å². The highest BCUT2D eigenvalue weighted by Crippen LogP contribution is 2.39. The molecule has 0 atom stereocenters. The molecule has 0 radical (unpaired) electrons. The lowest BCUT2D eigenvalue weighted by molar-refractivity contribution is 0.0992. The molecular formula is C21H26N4O3. The third kappa shape index (κ3) is 3.93. The van der Waals surface area contributed by atoms with Gasteiger partial charge >= 0.3 is 6.03 Å². The predicted molar refractivity (Wildman–Crippen MR) is 109 cm³/mol. The maximum absolute atomic E-state index is 12.9. The number of hydrogen-bond acceptors (Lipinski definition) is 4. The average Bonchev–Trinajstić information content (AvgIpc) is 2.90. The van der Waals surface area contributed by atoms with Gasteiger partial charge in [0.2, 0.25) is 0 Å². The minimum Gasteiger partial charge on any atom is -0.455 e. The van der Waals surface area contributed by atoms with E-state index in [2.05, 4.69) is 29.7 Å². The molecule has 0 aliphatic heterocycles. The minimum atomic E-state index is -0.730. The largest absolute Gasteiger partial charge is 0.455 e. The fourth-order valence-corrected chi connectivity index (χ4v) is 3.68. The smallest absolute Gasteiger partial charge is 0.332 e. The summed E-state index contributed by atoms with van der Waals surface area (Å²) in [5.74, 6) is 0.651. The third-order valence-electron chi connectivity index (χ3n) is 4.93. The lowest BCUT2D eigenvalue weighted by atomic mass is 9.75. The molecule has 0 bridgehead atoms. The number of urea groups is 1. The summed E-state index contributed by atoms with van der Waals surface area (Å²) in [6.45, 7) is 9.96. The number of primary amides is 1.